The second-order valence-corrected chi connectivity index (χ2v) is 7.16. The fourth-order valence-corrected chi connectivity index (χ4v) is 3.44. The Balaban J connectivity index is 1.55. The molecule has 3 N–H and O–H groups in total. The molecule has 1 saturated carbocycles. The van der Waals surface area contributed by atoms with E-state index >= 15 is 0 Å². The number of hydrogen-bond acceptors (Lipinski definition) is 5. The molecular formula is C19H18F3N5O. The lowest BCUT2D eigenvalue weighted by Crippen LogP contribution is -2.10. The van der Waals surface area contributed by atoms with Crippen LogP contribution < -0.4 is 15.4 Å². The number of alkyl halides is 3. The van der Waals surface area contributed by atoms with E-state index in [9.17, 15) is 13.2 Å². The van der Waals surface area contributed by atoms with Crippen LogP contribution >= 0.6 is 0 Å². The zero-order chi connectivity index (χ0) is 19.3. The predicted molar refractivity (Wildman–Crippen MR) is 99.0 cm³/mol. The summed E-state index contributed by atoms with van der Waals surface area (Å²) >= 11 is 0. The average molecular weight is 389 g/mol. The lowest BCUT2D eigenvalue weighted by molar-refractivity contribution is -0.136. The van der Waals surface area contributed by atoms with Crippen molar-refractivity contribution in [3.05, 3.63) is 35.5 Å². The van der Waals surface area contributed by atoms with Gasteiger partial charge in [0.2, 0.25) is 5.95 Å². The summed E-state index contributed by atoms with van der Waals surface area (Å²) in [5, 5.41) is 6.15. The molecule has 3 aromatic rings. The van der Waals surface area contributed by atoms with Crippen molar-refractivity contribution >= 4 is 28.5 Å². The fraction of sp³-hybridized carbons (Fsp3) is 0.368. The summed E-state index contributed by atoms with van der Waals surface area (Å²) in [7, 11) is 0. The second-order valence-electron chi connectivity index (χ2n) is 7.16. The zero-order valence-electron chi connectivity index (χ0n) is 14.9. The Morgan fingerprint density at radius 2 is 2.07 bits per heavy atom. The van der Waals surface area contributed by atoms with E-state index in [0.717, 1.165) is 36.8 Å². The molecule has 0 bridgehead atoms. The Hall–Kier alpha value is -2.97. The number of ether oxygens (including phenoxy) is 1. The van der Waals surface area contributed by atoms with Crippen LogP contribution in [-0.2, 0) is 12.6 Å². The molecule has 2 aliphatic rings. The van der Waals surface area contributed by atoms with Crippen molar-refractivity contribution in [1.29, 1.82) is 0 Å². The molecule has 0 saturated heterocycles. The van der Waals surface area contributed by atoms with Gasteiger partial charge in [0.05, 0.1) is 23.2 Å². The van der Waals surface area contributed by atoms with E-state index < -0.39 is 11.7 Å². The molecule has 1 aliphatic heterocycles. The number of halogens is 3. The van der Waals surface area contributed by atoms with Crippen LogP contribution in [0.3, 0.4) is 0 Å². The Labute approximate surface area is 158 Å². The molecule has 0 spiro atoms. The quantitative estimate of drug-likeness (QED) is 0.600. The van der Waals surface area contributed by atoms with E-state index in [-0.39, 0.29) is 22.8 Å². The molecule has 6 nitrogen and oxygen atoms in total. The van der Waals surface area contributed by atoms with Gasteiger partial charge in [-0.05, 0) is 30.4 Å². The summed E-state index contributed by atoms with van der Waals surface area (Å²) in [5.74, 6) is 1.62. The molecule has 1 aliphatic carbocycles. The van der Waals surface area contributed by atoms with Crippen molar-refractivity contribution in [3.8, 4) is 5.75 Å². The Kier molecular flexibility index (Phi) is 3.85. The molecule has 28 heavy (non-hydrogen) atoms. The summed E-state index contributed by atoms with van der Waals surface area (Å²) in [6.45, 7) is 1.20. The highest BCUT2D eigenvalue weighted by molar-refractivity contribution is 5.92. The summed E-state index contributed by atoms with van der Waals surface area (Å²) in [4.78, 5) is 11.3. The predicted octanol–water partition coefficient (Wildman–Crippen LogP) is 4.48. The normalized spacial score (nSPS) is 16.1. The fourth-order valence-electron chi connectivity index (χ4n) is 3.44. The highest BCUT2D eigenvalue weighted by Gasteiger charge is 2.36. The number of fused-ring (bicyclic) bond motifs is 2. The number of nitrogens with one attached hydrogen (secondary N) is 3. The minimum absolute atomic E-state index is 0.0340. The molecule has 0 radical (unpaired) electrons. The van der Waals surface area contributed by atoms with Gasteiger partial charge in [-0.2, -0.15) is 23.1 Å². The highest BCUT2D eigenvalue weighted by atomic mass is 19.4. The maximum Gasteiger partial charge on any atom is 0.418 e. The smallest absolute Gasteiger partial charge is 0.418 e. The zero-order valence-corrected chi connectivity index (χ0v) is 14.9. The van der Waals surface area contributed by atoms with Crippen LogP contribution in [0.2, 0.25) is 0 Å². The molecule has 9 heteroatoms. The summed E-state index contributed by atoms with van der Waals surface area (Å²) < 4.78 is 45.9. The number of H-pyrrole nitrogens is 1. The lowest BCUT2D eigenvalue weighted by atomic mass is 10.1. The summed E-state index contributed by atoms with van der Waals surface area (Å²) in [5.41, 5.74) is 1.15. The number of para-hydroxylation sites is 1. The first kappa shape index (κ1) is 17.2. The van der Waals surface area contributed by atoms with Crippen molar-refractivity contribution in [2.45, 2.75) is 25.4 Å². The van der Waals surface area contributed by atoms with E-state index in [4.69, 9.17) is 4.74 Å². The third-order valence-corrected chi connectivity index (χ3v) is 5.05. The molecular weight excluding hydrogens is 371 g/mol. The first-order valence-corrected chi connectivity index (χ1v) is 9.21. The van der Waals surface area contributed by atoms with Gasteiger partial charge < -0.3 is 20.4 Å². The van der Waals surface area contributed by atoms with Crippen LogP contribution in [-0.4, -0.2) is 28.1 Å². The van der Waals surface area contributed by atoms with Crippen molar-refractivity contribution in [2.24, 2.45) is 5.92 Å². The van der Waals surface area contributed by atoms with Crippen LogP contribution in [0, 0.1) is 5.92 Å². The number of aromatic amines is 1. The molecule has 146 valence electrons. The van der Waals surface area contributed by atoms with Gasteiger partial charge in [0.15, 0.2) is 0 Å². The lowest BCUT2D eigenvalue weighted by Gasteiger charge is -2.13. The van der Waals surface area contributed by atoms with E-state index in [1.165, 1.54) is 0 Å². The molecule has 0 unspecified atom stereocenters. The van der Waals surface area contributed by atoms with Crippen LogP contribution in [0.5, 0.6) is 5.75 Å². The SMILES string of the molecule is FC(F)(F)c1c[nH]c2nc(Nc3cccc4c3OCC4)nc(NCC3CC3)c12. The molecule has 5 rings (SSSR count). The van der Waals surface area contributed by atoms with Crippen molar-refractivity contribution in [1.82, 2.24) is 15.0 Å². The van der Waals surface area contributed by atoms with E-state index in [2.05, 4.69) is 25.6 Å². The Morgan fingerprint density at radius 3 is 2.86 bits per heavy atom. The molecule has 1 aromatic carbocycles. The first-order valence-electron chi connectivity index (χ1n) is 9.21. The maximum atomic E-state index is 13.4. The van der Waals surface area contributed by atoms with Crippen molar-refractivity contribution in [3.63, 3.8) is 0 Å². The largest absolute Gasteiger partial charge is 0.491 e. The number of aromatic nitrogens is 3. The van der Waals surface area contributed by atoms with Gasteiger partial charge in [0.1, 0.15) is 17.2 Å². The molecule has 0 amide bonds. The van der Waals surface area contributed by atoms with Crippen LogP contribution in [0.25, 0.3) is 11.0 Å². The van der Waals surface area contributed by atoms with Gasteiger partial charge in [-0.15, -0.1) is 0 Å². The highest BCUT2D eigenvalue weighted by Crippen LogP contribution is 2.39. The average Bonchev–Trinajstić information content (AvgIpc) is 3.15. The Morgan fingerprint density at radius 1 is 1.21 bits per heavy atom. The number of nitrogens with zero attached hydrogens (tertiary/aromatic N) is 2. The van der Waals surface area contributed by atoms with Crippen molar-refractivity contribution in [2.75, 3.05) is 23.8 Å². The minimum Gasteiger partial charge on any atom is -0.491 e. The molecule has 3 heterocycles. The van der Waals surface area contributed by atoms with Crippen LogP contribution in [0.15, 0.2) is 24.4 Å². The molecule has 1 fully saturated rings. The number of anilines is 3. The van der Waals surface area contributed by atoms with E-state index in [1.807, 2.05) is 18.2 Å². The number of hydrogen-bond donors (Lipinski definition) is 3. The van der Waals surface area contributed by atoms with Gasteiger partial charge in [0.25, 0.3) is 0 Å². The minimum atomic E-state index is -4.49. The first-order chi connectivity index (χ1) is 13.5. The maximum absolute atomic E-state index is 13.4. The van der Waals surface area contributed by atoms with E-state index in [0.29, 0.717) is 24.8 Å². The molecule has 0 atom stereocenters. The Bertz CT molecular complexity index is 1040. The topological polar surface area (TPSA) is 74.9 Å². The van der Waals surface area contributed by atoms with Gasteiger partial charge in [-0.3, -0.25) is 0 Å². The van der Waals surface area contributed by atoms with Gasteiger partial charge in [0, 0.05) is 19.2 Å². The summed E-state index contributed by atoms with van der Waals surface area (Å²) in [6, 6.07) is 5.72. The van der Waals surface area contributed by atoms with Crippen molar-refractivity contribution < 1.29 is 17.9 Å². The van der Waals surface area contributed by atoms with Crippen LogP contribution in [0.1, 0.15) is 24.0 Å². The summed E-state index contributed by atoms with van der Waals surface area (Å²) in [6.07, 6.45) is -0.557. The number of benzene rings is 1. The standard InChI is InChI=1S/C19H18F3N5O/c20-19(21,22)12-9-24-17-14(12)16(23-8-10-4-5-10)26-18(27-17)25-13-3-1-2-11-6-7-28-15(11)13/h1-3,9-10H,4-8H2,(H3,23,24,25,26,27). The second kappa shape index (κ2) is 6.29. The van der Waals surface area contributed by atoms with E-state index in [1.54, 1.807) is 0 Å². The number of rotatable bonds is 5. The van der Waals surface area contributed by atoms with Gasteiger partial charge in [-0.1, -0.05) is 12.1 Å². The third kappa shape index (κ3) is 3.10. The van der Waals surface area contributed by atoms with Gasteiger partial charge >= 0.3 is 6.18 Å². The third-order valence-electron chi connectivity index (χ3n) is 5.05. The van der Waals surface area contributed by atoms with Gasteiger partial charge in [-0.25, -0.2) is 0 Å². The monoisotopic (exact) mass is 389 g/mol. The molecule has 2 aromatic heterocycles. The van der Waals surface area contributed by atoms with Crippen LogP contribution in [0.4, 0.5) is 30.6 Å².